The van der Waals surface area contributed by atoms with Gasteiger partial charge in [-0.1, -0.05) is 6.07 Å². The molecule has 0 aliphatic carbocycles. The molecular formula is C13H11F3N4O3. The van der Waals surface area contributed by atoms with Crippen LogP contribution in [0.2, 0.25) is 0 Å². The number of nitro groups is 1. The van der Waals surface area contributed by atoms with Crippen LogP contribution in [0.15, 0.2) is 36.7 Å². The van der Waals surface area contributed by atoms with Gasteiger partial charge in [0, 0.05) is 30.6 Å². The fraction of sp³-hybridized carbons (Fsp3) is 0.231. The summed E-state index contributed by atoms with van der Waals surface area (Å²) in [4.78, 5) is 17.8. The Morgan fingerprint density at radius 1 is 1.22 bits per heavy atom. The zero-order valence-corrected chi connectivity index (χ0v) is 11.6. The molecule has 0 spiro atoms. The van der Waals surface area contributed by atoms with E-state index >= 15 is 0 Å². The van der Waals surface area contributed by atoms with Crippen molar-refractivity contribution in [2.75, 3.05) is 11.9 Å². The van der Waals surface area contributed by atoms with Crippen LogP contribution >= 0.6 is 0 Å². The average Bonchev–Trinajstić information content (AvgIpc) is 2.51. The van der Waals surface area contributed by atoms with E-state index < -0.39 is 17.7 Å². The van der Waals surface area contributed by atoms with E-state index in [9.17, 15) is 23.3 Å². The van der Waals surface area contributed by atoms with Gasteiger partial charge < -0.3 is 10.1 Å². The number of anilines is 1. The second-order valence-corrected chi connectivity index (χ2v) is 4.35. The van der Waals surface area contributed by atoms with Crippen LogP contribution in [0.5, 0.6) is 5.88 Å². The maximum absolute atomic E-state index is 12.2. The summed E-state index contributed by atoms with van der Waals surface area (Å²) in [6.07, 6.45) is -1.83. The Morgan fingerprint density at radius 3 is 2.61 bits per heavy atom. The van der Waals surface area contributed by atoms with Gasteiger partial charge in [-0.15, -0.1) is 0 Å². The third-order valence-corrected chi connectivity index (χ3v) is 2.65. The van der Waals surface area contributed by atoms with Crippen molar-refractivity contribution in [1.29, 1.82) is 0 Å². The van der Waals surface area contributed by atoms with Crippen molar-refractivity contribution in [3.8, 4) is 5.88 Å². The number of nitrogens with zero attached hydrogens (tertiary/aromatic N) is 3. The summed E-state index contributed by atoms with van der Waals surface area (Å²) in [6.45, 7) is -1.50. The predicted octanol–water partition coefficient (Wildman–Crippen LogP) is 2.94. The molecule has 0 atom stereocenters. The monoisotopic (exact) mass is 328 g/mol. The smallest absolute Gasteiger partial charge is 0.422 e. The van der Waals surface area contributed by atoms with Crippen molar-refractivity contribution < 1.29 is 22.8 Å². The number of halogens is 3. The van der Waals surface area contributed by atoms with Crippen molar-refractivity contribution in [1.82, 2.24) is 9.97 Å². The first-order valence-corrected chi connectivity index (χ1v) is 6.33. The first-order chi connectivity index (χ1) is 10.9. The average molecular weight is 328 g/mol. The maximum atomic E-state index is 12.2. The van der Waals surface area contributed by atoms with Gasteiger partial charge in [-0.3, -0.25) is 10.1 Å². The molecule has 2 aromatic rings. The molecule has 0 saturated heterocycles. The molecule has 0 aliphatic rings. The van der Waals surface area contributed by atoms with Gasteiger partial charge in [0.1, 0.15) is 0 Å². The van der Waals surface area contributed by atoms with Crippen LogP contribution in [0, 0.1) is 10.1 Å². The van der Waals surface area contributed by atoms with Gasteiger partial charge in [-0.25, -0.2) is 9.97 Å². The molecular weight excluding hydrogens is 317 g/mol. The molecule has 2 heterocycles. The molecule has 0 aromatic carbocycles. The number of ether oxygens (including phenoxy) is 1. The third kappa shape index (κ3) is 4.80. The highest BCUT2D eigenvalue weighted by molar-refractivity contribution is 5.55. The molecule has 0 saturated carbocycles. The Hall–Kier alpha value is -2.91. The predicted molar refractivity (Wildman–Crippen MR) is 74.0 cm³/mol. The first kappa shape index (κ1) is 16.5. The second kappa shape index (κ2) is 6.90. The van der Waals surface area contributed by atoms with E-state index in [-0.39, 0.29) is 23.9 Å². The molecule has 1 N–H and O–H groups in total. The Labute approximate surface area is 128 Å². The van der Waals surface area contributed by atoms with Gasteiger partial charge in [0.2, 0.25) is 11.7 Å². The van der Waals surface area contributed by atoms with Crippen LogP contribution in [-0.4, -0.2) is 27.7 Å². The van der Waals surface area contributed by atoms with E-state index in [1.807, 2.05) is 0 Å². The van der Waals surface area contributed by atoms with E-state index in [0.29, 0.717) is 5.56 Å². The Kier molecular flexibility index (Phi) is 4.94. The molecule has 122 valence electrons. The molecule has 2 rings (SSSR count). The highest BCUT2D eigenvalue weighted by Gasteiger charge is 2.29. The van der Waals surface area contributed by atoms with E-state index in [1.165, 1.54) is 36.7 Å². The van der Waals surface area contributed by atoms with Crippen molar-refractivity contribution in [2.45, 2.75) is 12.7 Å². The minimum absolute atomic E-state index is 0.00289. The quantitative estimate of drug-likeness (QED) is 0.648. The van der Waals surface area contributed by atoms with Crippen molar-refractivity contribution in [3.63, 3.8) is 0 Å². The van der Waals surface area contributed by atoms with Crippen LogP contribution in [-0.2, 0) is 6.54 Å². The number of nitrogens with one attached hydrogen (secondary N) is 1. The minimum Gasteiger partial charge on any atom is -0.468 e. The molecule has 0 fully saturated rings. The topological polar surface area (TPSA) is 90.2 Å². The van der Waals surface area contributed by atoms with Crippen molar-refractivity contribution in [2.24, 2.45) is 0 Å². The molecule has 0 bridgehead atoms. The van der Waals surface area contributed by atoms with Gasteiger partial charge in [-0.2, -0.15) is 13.2 Å². The number of pyridine rings is 2. The lowest BCUT2D eigenvalue weighted by Gasteiger charge is -2.12. The third-order valence-electron chi connectivity index (χ3n) is 2.65. The van der Waals surface area contributed by atoms with Crippen molar-refractivity contribution in [3.05, 3.63) is 52.3 Å². The summed E-state index contributed by atoms with van der Waals surface area (Å²) < 4.78 is 41.3. The van der Waals surface area contributed by atoms with E-state index in [1.54, 1.807) is 0 Å². The standard InChI is InChI=1S/C13H11F3N4O3/c14-13(15,16)8-23-12-9(3-1-6-18-12)7-19-11-10(20(21)22)4-2-5-17-11/h1-6H,7-8H2,(H,17,19). The zero-order chi connectivity index (χ0) is 16.9. The van der Waals surface area contributed by atoms with Gasteiger partial charge in [0.15, 0.2) is 6.61 Å². The van der Waals surface area contributed by atoms with Crippen LogP contribution in [0.25, 0.3) is 0 Å². The lowest BCUT2D eigenvalue weighted by atomic mass is 10.2. The highest BCUT2D eigenvalue weighted by atomic mass is 19.4. The first-order valence-electron chi connectivity index (χ1n) is 6.33. The number of hydrogen-bond acceptors (Lipinski definition) is 6. The van der Waals surface area contributed by atoms with E-state index in [0.717, 1.165) is 0 Å². The molecule has 7 nitrogen and oxygen atoms in total. The van der Waals surface area contributed by atoms with Gasteiger partial charge >= 0.3 is 11.9 Å². The zero-order valence-electron chi connectivity index (χ0n) is 11.6. The summed E-state index contributed by atoms with van der Waals surface area (Å²) in [5.41, 5.74) is 0.0749. The summed E-state index contributed by atoms with van der Waals surface area (Å²) in [5.74, 6) is -0.195. The molecule has 0 unspecified atom stereocenters. The number of rotatable bonds is 6. The lowest BCUT2D eigenvalue weighted by Crippen LogP contribution is -2.20. The largest absolute Gasteiger partial charge is 0.468 e. The van der Waals surface area contributed by atoms with E-state index in [4.69, 9.17) is 0 Å². The summed E-state index contributed by atoms with van der Waals surface area (Å²) in [5, 5.41) is 13.6. The van der Waals surface area contributed by atoms with Crippen molar-refractivity contribution >= 4 is 11.5 Å². The number of hydrogen-bond donors (Lipinski definition) is 1. The minimum atomic E-state index is -4.48. The van der Waals surface area contributed by atoms with Gasteiger partial charge in [0.25, 0.3) is 0 Å². The molecule has 0 amide bonds. The molecule has 0 aliphatic heterocycles. The fourth-order valence-electron chi connectivity index (χ4n) is 1.70. The van der Waals surface area contributed by atoms with Crippen LogP contribution in [0.3, 0.4) is 0 Å². The lowest BCUT2D eigenvalue weighted by molar-refractivity contribution is -0.384. The summed E-state index contributed by atoms with van der Waals surface area (Å²) in [6, 6.07) is 5.69. The molecule has 23 heavy (non-hydrogen) atoms. The normalized spacial score (nSPS) is 11.1. The van der Waals surface area contributed by atoms with Gasteiger partial charge in [-0.05, 0) is 12.1 Å². The van der Waals surface area contributed by atoms with Crippen LogP contribution in [0.1, 0.15) is 5.56 Å². The van der Waals surface area contributed by atoms with Crippen LogP contribution in [0.4, 0.5) is 24.7 Å². The Balaban J connectivity index is 2.11. The number of aromatic nitrogens is 2. The maximum Gasteiger partial charge on any atom is 0.422 e. The summed E-state index contributed by atoms with van der Waals surface area (Å²) in [7, 11) is 0. The fourth-order valence-corrected chi connectivity index (χ4v) is 1.70. The summed E-state index contributed by atoms with van der Waals surface area (Å²) >= 11 is 0. The van der Waals surface area contributed by atoms with E-state index in [2.05, 4.69) is 20.0 Å². The highest BCUT2D eigenvalue weighted by Crippen LogP contribution is 2.23. The number of alkyl halides is 3. The molecule has 2 aromatic heterocycles. The van der Waals surface area contributed by atoms with Crippen LogP contribution < -0.4 is 10.1 Å². The molecule has 0 radical (unpaired) electrons. The second-order valence-electron chi connectivity index (χ2n) is 4.35. The van der Waals surface area contributed by atoms with Gasteiger partial charge in [0.05, 0.1) is 4.92 Å². The Morgan fingerprint density at radius 2 is 1.91 bits per heavy atom. The molecule has 10 heteroatoms. The Bertz CT molecular complexity index is 694. The SMILES string of the molecule is O=[N+]([O-])c1cccnc1NCc1cccnc1OCC(F)(F)F.